The zero-order valence-electron chi connectivity index (χ0n) is 33.1. The first kappa shape index (κ1) is 33.8. The van der Waals surface area contributed by atoms with Gasteiger partial charge in [0.15, 0.2) is 0 Å². The van der Waals surface area contributed by atoms with Gasteiger partial charge in [0.1, 0.15) is 0 Å². The second kappa shape index (κ2) is 12.9. The van der Waals surface area contributed by atoms with E-state index >= 15 is 0 Å². The van der Waals surface area contributed by atoms with Crippen LogP contribution in [-0.4, -0.2) is 0 Å². The van der Waals surface area contributed by atoms with E-state index in [9.17, 15) is 0 Å². The lowest BCUT2D eigenvalue weighted by Crippen LogP contribution is -2.16. The van der Waals surface area contributed by atoms with Crippen molar-refractivity contribution >= 4 is 53.9 Å². The molecule has 0 radical (unpaired) electrons. The molecule has 0 saturated heterocycles. The van der Waals surface area contributed by atoms with Crippen LogP contribution >= 0.6 is 0 Å². The predicted octanol–water partition coefficient (Wildman–Crippen LogP) is 16.4. The van der Waals surface area contributed by atoms with Gasteiger partial charge in [0.2, 0.25) is 0 Å². The highest BCUT2D eigenvalue weighted by atomic mass is 14.4. The number of benzene rings is 11. The Morgan fingerprint density at radius 3 is 1.42 bits per heavy atom. The van der Waals surface area contributed by atoms with Crippen molar-refractivity contribution in [1.29, 1.82) is 0 Å². The molecule has 1 aliphatic carbocycles. The molecule has 0 bridgehead atoms. The summed E-state index contributed by atoms with van der Waals surface area (Å²) < 4.78 is 0. The van der Waals surface area contributed by atoms with E-state index in [4.69, 9.17) is 0 Å². The van der Waals surface area contributed by atoms with Crippen LogP contribution in [0.3, 0.4) is 0 Å². The highest BCUT2D eigenvalue weighted by Crippen LogP contribution is 2.55. The first-order valence-electron chi connectivity index (χ1n) is 20.8. The van der Waals surface area contributed by atoms with E-state index in [1.54, 1.807) is 0 Å². The normalized spacial score (nSPS) is 13.1. The minimum atomic E-state index is -0.140. The molecule has 0 saturated carbocycles. The van der Waals surface area contributed by atoms with E-state index in [0.717, 1.165) is 0 Å². The molecular weight excluding hydrogens is 709 g/mol. The van der Waals surface area contributed by atoms with Gasteiger partial charge >= 0.3 is 0 Å². The van der Waals surface area contributed by atoms with Gasteiger partial charge in [-0.2, -0.15) is 0 Å². The molecule has 0 fully saturated rings. The maximum absolute atomic E-state index is 2.41. The molecule has 11 aromatic rings. The molecule has 0 atom stereocenters. The standard InChI is InChI=1S/C59H40/c1-59(2)57-43(28-15-29-52(57)53-35-34-37-16-3-6-19-42(37)58(53)59)38-30-32-39(33-31-38)55-48-24-11-13-26-50(48)56(51-27-14-12-25-49(51)55)47-23-10-9-22-46(47)54-36-40-17-4-5-18-41(40)44-20-7-8-21-45(44)54/h3-36H,1-2H3. The fourth-order valence-electron chi connectivity index (χ4n) is 10.7. The summed E-state index contributed by atoms with van der Waals surface area (Å²) in [5, 5.41) is 12.8. The molecule has 0 heterocycles. The van der Waals surface area contributed by atoms with Gasteiger partial charge in [0, 0.05) is 5.41 Å². The quantitative estimate of drug-likeness (QED) is 0.124. The zero-order chi connectivity index (χ0) is 39.2. The van der Waals surface area contributed by atoms with Gasteiger partial charge in [-0.25, -0.2) is 0 Å². The van der Waals surface area contributed by atoms with Crippen LogP contribution < -0.4 is 0 Å². The summed E-state index contributed by atoms with van der Waals surface area (Å²) in [6.07, 6.45) is 0. The molecule has 11 aromatic carbocycles. The van der Waals surface area contributed by atoms with Gasteiger partial charge < -0.3 is 0 Å². The molecule has 0 spiro atoms. The van der Waals surface area contributed by atoms with Crippen molar-refractivity contribution in [2.75, 3.05) is 0 Å². The summed E-state index contributed by atoms with van der Waals surface area (Å²) >= 11 is 0. The summed E-state index contributed by atoms with van der Waals surface area (Å²) in [6, 6.07) is 76.8. The average molecular weight is 749 g/mol. The van der Waals surface area contributed by atoms with E-state index in [2.05, 4.69) is 220 Å². The lowest BCUT2D eigenvalue weighted by Gasteiger charge is -2.26. The second-order valence-corrected chi connectivity index (χ2v) is 16.7. The fraction of sp³-hybridized carbons (Fsp3) is 0.0508. The summed E-state index contributed by atoms with van der Waals surface area (Å²) in [4.78, 5) is 0. The van der Waals surface area contributed by atoms with E-state index in [0.29, 0.717) is 0 Å². The molecule has 0 heteroatoms. The average Bonchev–Trinajstić information content (AvgIpc) is 3.54. The molecule has 1 aliphatic rings. The fourth-order valence-corrected chi connectivity index (χ4v) is 10.7. The van der Waals surface area contributed by atoms with Gasteiger partial charge in [0.05, 0.1) is 0 Å². The third-order valence-electron chi connectivity index (χ3n) is 13.2. The molecule has 0 nitrogen and oxygen atoms in total. The van der Waals surface area contributed by atoms with E-state index in [-0.39, 0.29) is 5.41 Å². The van der Waals surface area contributed by atoms with Crippen LogP contribution in [0.15, 0.2) is 206 Å². The van der Waals surface area contributed by atoms with Gasteiger partial charge in [-0.3, -0.25) is 0 Å². The van der Waals surface area contributed by atoms with Crippen molar-refractivity contribution in [2.45, 2.75) is 19.3 Å². The van der Waals surface area contributed by atoms with E-state index in [1.807, 2.05) is 0 Å². The molecule has 59 heavy (non-hydrogen) atoms. The summed E-state index contributed by atoms with van der Waals surface area (Å²) in [5.41, 5.74) is 15.5. The lowest BCUT2D eigenvalue weighted by atomic mass is 9.77. The second-order valence-electron chi connectivity index (χ2n) is 16.7. The van der Waals surface area contributed by atoms with Crippen LogP contribution in [0, 0.1) is 0 Å². The highest BCUT2D eigenvalue weighted by molar-refractivity contribution is 6.23. The van der Waals surface area contributed by atoms with E-state index in [1.165, 1.54) is 121 Å². The minimum absolute atomic E-state index is 0.140. The molecule has 0 aromatic heterocycles. The van der Waals surface area contributed by atoms with Crippen LogP contribution in [0.4, 0.5) is 0 Å². The summed E-state index contributed by atoms with van der Waals surface area (Å²) in [5.74, 6) is 0. The van der Waals surface area contributed by atoms with Crippen LogP contribution in [0.1, 0.15) is 25.0 Å². The maximum Gasteiger partial charge on any atom is 0.0171 e. The Kier molecular flexibility index (Phi) is 7.38. The van der Waals surface area contributed by atoms with Gasteiger partial charge in [0.25, 0.3) is 0 Å². The van der Waals surface area contributed by atoms with Gasteiger partial charge in [-0.05, 0) is 127 Å². The van der Waals surface area contributed by atoms with Crippen molar-refractivity contribution in [1.82, 2.24) is 0 Å². The zero-order valence-corrected chi connectivity index (χ0v) is 33.1. The number of hydrogen-bond acceptors (Lipinski definition) is 0. The van der Waals surface area contributed by atoms with Crippen molar-refractivity contribution in [3.63, 3.8) is 0 Å². The SMILES string of the molecule is CC1(C)c2c(-c3ccc(-c4c5ccccc5c(-c5ccccc5-c5cc6ccccc6c6ccccc56)c5ccccc45)cc3)cccc2-c2ccc3ccccc3c21. The number of rotatable bonds is 4. The first-order valence-corrected chi connectivity index (χ1v) is 20.8. The molecule has 0 N–H and O–H groups in total. The van der Waals surface area contributed by atoms with Crippen LogP contribution in [0.25, 0.3) is 109 Å². The van der Waals surface area contributed by atoms with E-state index < -0.39 is 0 Å². The summed E-state index contributed by atoms with van der Waals surface area (Å²) in [6.45, 7) is 4.81. The Morgan fingerprint density at radius 2 is 0.729 bits per heavy atom. The largest absolute Gasteiger partial charge is 0.0616 e. The molecule has 0 aliphatic heterocycles. The third-order valence-corrected chi connectivity index (χ3v) is 13.2. The highest BCUT2D eigenvalue weighted by Gasteiger charge is 2.38. The summed E-state index contributed by atoms with van der Waals surface area (Å²) in [7, 11) is 0. The Balaban J connectivity index is 1.04. The molecule has 0 unspecified atom stereocenters. The maximum atomic E-state index is 2.41. The van der Waals surface area contributed by atoms with Crippen molar-refractivity contribution in [3.05, 3.63) is 217 Å². The Hall–Kier alpha value is -7.28. The number of hydrogen-bond donors (Lipinski definition) is 0. The predicted molar refractivity (Wildman–Crippen MR) is 253 cm³/mol. The minimum Gasteiger partial charge on any atom is -0.0616 e. The third kappa shape index (κ3) is 4.96. The van der Waals surface area contributed by atoms with Crippen LogP contribution in [0.5, 0.6) is 0 Å². The van der Waals surface area contributed by atoms with Crippen LogP contribution in [0.2, 0.25) is 0 Å². The monoisotopic (exact) mass is 748 g/mol. The Morgan fingerprint density at radius 1 is 0.254 bits per heavy atom. The number of fused-ring (bicyclic) bond motifs is 10. The Bertz CT molecular complexity index is 3450. The topological polar surface area (TPSA) is 0 Å². The van der Waals surface area contributed by atoms with Crippen molar-refractivity contribution in [3.8, 4) is 55.6 Å². The Labute approximate surface area is 344 Å². The first-order chi connectivity index (χ1) is 29.1. The van der Waals surface area contributed by atoms with Crippen molar-refractivity contribution < 1.29 is 0 Å². The lowest BCUT2D eigenvalue weighted by molar-refractivity contribution is 0.668. The molecule has 276 valence electrons. The van der Waals surface area contributed by atoms with Gasteiger partial charge in [-0.15, -0.1) is 0 Å². The molecule has 0 amide bonds. The molecule has 12 rings (SSSR count). The van der Waals surface area contributed by atoms with Crippen LogP contribution in [-0.2, 0) is 5.41 Å². The smallest absolute Gasteiger partial charge is 0.0171 e. The van der Waals surface area contributed by atoms with Gasteiger partial charge in [-0.1, -0.05) is 214 Å². The van der Waals surface area contributed by atoms with Crippen molar-refractivity contribution in [2.24, 2.45) is 0 Å². The molecular formula is C59H40.